The van der Waals surface area contributed by atoms with Gasteiger partial charge in [0.15, 0.2) is 5.82 Å². The molecular weight excluding hydrogens is 451 g/mol. The van der Waals surface area contributed by atoms with Gasteiger partial charge in [-0.2, -0.15) is 4.98 Å². The number of hydrogen-bond donors (Lipinski definition) is 2. The fraction of sp³-hybridized carbons (Fsp3) is 0.455. The summed E-state index contributed by atoms with van der Waals surface area (Å²) in [5.74, 6) is -0.115. The number of aromatic nitrogens is 6. The molecule has 0 atom stereocenters. The van der Waals surface area contributed by atoms with Crippen molar-refractivity contribution in [1.82, 2.24) is 29.6 Å². The molecule has 1 saturated carbocycles. The Morgan fingerprint density at radius 1 is 1.29 bits per heavy atom. The van der Waals surface area contributed by atoms with Gasteiger partial charge in [0.2, 0.25) is 11.8 Å². The largest absolute Gasteiger partial charge is 0.479 e. The number of fused-ring (bicyclic) bond motifs is 2. The average molecular weight is 475 g/mol. The van der Waals surface area contributed by atoms with E-state index in [-0.39, 0.29) is 23.4 Å². The molecule has 0 bridgehead atoms. The lowest BCUT2D eigenvalue weighted by atomic mass is 9.84. The van der Waals surface area contributed by atoms with Crippen LogP contribution < -0.4 is 10.1 Å². The van der Waals surface area contributed by atoms with Crippen molar-refractivity contribution in [3.05, 3.63) is 30.2 Å². The molecule has 0 spiro atoms. The Labute approximate surface area is 192 Å². The molecule has 12 heteroatoms. The number of methoxy groups -OCH3 is 1. The van der Waals surface area contributed by atoms with Gasteiger partial charge in [-0.25, -0.2) is 22.4 Å². The second-order valence-electron chi connectivity index (χ2n) is 8.87. The summed E-state index contributed by atoms with van der Waals surface area (Å²) in [4.78, 5) is 4.44. The van der Waals surface area contributed by atoms with E-state index < -0.39 is 24.4 Å². The number of nitrogens with one attached hydrogen (secondary N) is 1. The third-order valence-electron chi connectivity index (χ3n) is 6.26. The van der Waals surface area contributed by atoms with Crippen LogP contribution in [0.4, 0.5) is 19.1 Å². The molecule has 0 aliphatic heterocycles. The Balaban J connectivity index is 1.53. The molecule has 0 amide bonds. The molecule has 3 aromatic heterocycles. The van der Waals surface area contributed by atoms with Crippen LogP contribution in [0.5, 0.6) is 5.88 Å². The molecule has 5 rings (SSSR count). The molecule has 4 aromatic rings. The van der Waals surface area contributed by atoms with E-state index in [1.54, 1.807) is 18.2 Å². The summed E-state index contributed by atoms with van der Waals surface area (Å²) in [6.07, 6.45) is 1.45. The van der Waals surface area contributed by atoms with Gasteiger partial charge in [-0.3, -0.25) is 0 Å². The molecule has 1 fully saturated rings. The van der Waals surface area contributed by atoms with Gasteiger partial charge in [-0.05, 0) is 50.3 Å². The first kappa shape index (κ1) is 22.4. The highest BCUT2D eigenvalue weighted by atomic mass is 19.3. The van der Waals surface area contributed by atoms with E-state index in [1.807, 2.05) is 6.92 Å². The first-order chi connectivity index (χ1) is 16.2. The van der Waals surface area contributed by atoms with Crippen molar-refractivity contribution in [3.63, 3.8) is 0 Å². The van der Waals surface area contributed by atoms with E-state index in [0.29, 0.717) is 35.0 Å². The molecule has 34 heavy (non-hydrogen) atoms. The molecule has 0 unspecified atom stereocenters. The third-order valence-corrected chi connectivity index (χ3v) is 6.26. The van der Waals surface area contributed by atoms with Crippen LogP contribution in [0.1, 0.15) is 32.6 Å². The zero-order valence-corrected chi connectivity index (χ0v) is 18.7. The van der Waals surface area contributed by atoms with Crippen molar-refractivity contribution in [1.29, 1.82) is 0 Å². The number of hydrogen-bond acceptors (Lipinski definition) is 7. The lowest BCUT2D eigenvalue weighted by Gasteiger charge is -2.33. The summed E-state index contributed by atoms with van der Waals surface area (Å²) in [6.45, 7) is 1.21. The van der Waals surface area contributed by atoms with Crippen LogP contribution in [0.15, 0.2) is 24.4 Å². The van der Waals surface area contributed by atoms with Gasteiger partial charge >= 0.3 is 0 Å². The van der Waals surface area contributed by atoms with E-state index in [1.165, 1.54) is 17.8 Å². The maximum absolute atomic E-state index is 15.2. The second-order valence-corrected chi connectivity index (χ2v) is 8.87. The van der Waals surface area contributed by atoms with Crippen LogP contribution in [-0.4, -0.2) is 59.9 Å². The lowest BCUT2D eigenvalue weighted by molar-refractivity contribution is 0.0195. The molecule has 1 aromatic carbocycles. The first-order valence-electron chi connectivity index (χ1n) is 11.0. The standard InChI is InChI=1S/C22H24F3N7O2/c1-22(33)7-5-13(6-8-22)26-21-27-20(34-2)19-18(14(23)10-32(19)29-21)12-3-4-15-16(9-12)31(30-28-15)11-17(24)25/h3-4,9-10,13,17,33H,5-8,11H2,1-2H3,(H,26,29)/t13-,22-. The monoisotopic (exact) mass is 475 g/mol. The number of halogens is 3. The van der Waals surface area contributed by atoms with Gasteiger partial charge in [0.1, 0.15) is 17.6 Å². The summed E-state index contributed by atoms with van der Waals surface area (Å²) in [5.41, 5.74) is 1.05. The molecule has 1 aliphatic rings. The third kappa shape index (κ3) is 4.13. The first-order valence-corrected chi connectivity index (χ1v) is 11.0. The highest BCUT2D eigenvalue weighted by Crippen LogP contribution is 2.36. The summed E-state index contributed by atoms with van der Waals surface area (Å²) < 4.78 is 48.9. The van der Waals surface area contributed by atoms with Crippen LogP contribution in [0, 0.1) is 5.82 Å². The Bertz CT molecular complexity index is 1340. The Kier molecular flexibility index (Phi) is 5.54. The maximum atomic E-state index is 15.2. The van der Waals surface area contributed by atoms with Gasteiger partial charge in [-0.1, -0.05) is 11.3 Å². The highest BCUT2D eigenvalue weighted by Gasteiger charge is 2.29. The van der Waals surface area contributed by atoms with Crippen molar-refractivity contribution >= 4 is 22.5 Å². The molecular formula is C22H24F3N7O2. The number of nitrogens with zero attached hydrogens (tertiary/aromatic N) is 6. The highest BCUT2D eigenvalue weighted by molar-refractivity contribution is 5.89. The van der Waals surface area contributed by atoms with Crippen molar-refractivity contribution in [2.75, 3.05) is 12.4 Å². The maximum Gasteiger partial charge on any atom is 0.258 e. The van der Waals surface area contributed by atoms with Crippen LogP contribution in [0.3, 0.4) is 0 Å². The Morgan fingerprint density at radius 2 is 2.06 bits per heavy atom. The Hall–Kier alpha value is -3.41. The van der Waals surface area contributed by atoms with E-state index in [2.05, 4.69) is 25.7 Å². The van der Waals surface area contributed by atoms with Crippen LogP contribution in [-0.2, 0) is 6.54 Å². The van der Waals surface area contributed by atoms with Crippen LogP contribution in [0.2, 0.25) is 0 Å². The molecule has 180 valence electrons. The topological polar surface area (TPSA) is 102 Å². The van der Waals surface area contributed by atoms with Gasteiger partial charge in [0.25, 0.3) is 6.43 Å². The van der Waals surface area contributed by atoms with Crippen LogP contribution >= 0.6 is 0 Å². The van der Waals surface area contributed by atoms with Crippen molar-refractivity contribution in [2.24, 2.45) is 0 Å². The van der Waals surface area contributed by atoms with Crippen molar-refractivity contribution in [2.45, 2.75) is 57.2 Å². The zero-order chi connectivity index (χ0) is 24.0. The average Bonchev–Trinajstić information content (AvgIpc) is 3.33. The minimum atomic E-state index is -2.60. The molecule has 9 nitrogen and oxygen atoms in total. The molecule has 3 heterocycles. The summed E-state index contributed by atoms with van der Waals surface area (Å²) >= 11 is 0. The van der Waals surface area contributed by atoms with E-state index in [0.717, 1.165) is 17.5 Å². The fourth-order valence-corrected chi connectivity index (χ4v) is 4.45. The van der Waals surface area contributed by atoms with Gasteiger partial charge in [0.05, 0.1) is 30.0 Å². The van der Waals surface area contributed by atoms with Gasteiger partial charge in [0, 0.05) is 6.04 Å². The Morgan fingerprint density at radius 3 is 2.76 bits per heavy atom. The fourth-order valence-electron chi connectivity index (χ4n) is 4.45. The minimum absolute atomic E-state index is 0.0762. The van der Waals surface area contributed by atoms with E-state index in [4.69, 9.17) is 4.74 Å². The quantitative estimate of drug-likeness (QED) is 0.439. The zero-order valence-electron chi connectivity index (χ0n) is 18.7. The number of alkyl halides is 2. The number of ether oxygens (including phenoxy) is 1. The molecule has 0 saturated heterocycles. The van der Waals surface area contributed by atoms with Crippen molar-refractivity contribution in [3.8, 4) is 17.0 Å². The SMILES string of the molecule is COc1nc(N[C@H]2CC[C@](C)(O)CC2)nn2cc(F)c(-c3ccc4nnn(CC(F)F)c4c3)c12. The van der Waals surface area contributed by atoms with E-state index >= 15 is 4.39 Å². The van der Waals surface area contributed by atoms with E-state index in [9.17, 15) is 13.9 Å². The number of anilines is 1. The second kappa shape index (κ2) is 8.42. The summed E-state index contributed by atoms with van der Waals surface area (Å²) in [6, 6.07) is 4.88. The van der Waals surface area contributed by atoms with Gasteiger partial charge < -0.3 is 15.2 Å². The van der Waals surface area contributed by atoms with Gasteiger partial charge in [-0.15, -0.1) is 10.2 Å². The number of rotatable bonds is 6. The predicted octanol–water partition coefficient (Wildman–Crippen LogP) is 3.66. The van der Waals surface area contributed by atoms with Crippen LogP contribution in [0.25, 0.3) is 27.7 Å². The minimum Gasteiger partial charge on any atom is -0.479 e. The molecule has 2 N–H and O–H groups in total. The van der Waals surface area contributed by atoms with Crippen molar-refractivity contribution < 1.29 is 23.0 Å². The smallest absolute Gasteiger partial charge is 0.258 e. The summed E-state index contributed by atoms with van der Waals surface area (Å²) in [7, 11) is 1.43. The number of aliphatic hydroxyl groups is 1. The summed E-state index contributed by atoms with van der Waals surface area (Å²) in [5, 5.41) is 25.5. The number of benzene rings is 1. The molecule has 1 aliphatic carbocycles. The normalized spacial score (nSPS) is 21.0. The predicted molar refractivity (Wildman–Crippen MR) is 119 cm³/mol. The lowest BCUT2D eigenvalue weighted by Crippen LogP contribution is -2.36. The molecule has 0 radical (unpaired) electrons.